The zero-order valence-electron chi connectivity index (χ0n) is 17.7. The van der Waals surface area contributed by atoms with Crippen LogP contribution in [-0.4, -0.2) is 74.9 Å². The summed E-state index contributed by atoms with van der Waals surface area (Å²) in [4.78, 5) is 16.7. The Labute approximate surface area is 188 Å². The molecule has 2 heterocycles. The number of sulfonamides is 1. The Kier molecular flexibility index (Phi) is 7.35. The highest BCUT2D eigenvalue weighted by Crippen LogP contribution is 2.26. The summed E-state index contributed by atoms with van der Waals surface area (Å²) in [5.41, 5.74) is 1.70. The molecule has 0 bridgehead atoms. The van der Waals surface area contributed by atoms with Crippen LogP contribution in [-0.2, 0) is 14.8 Å². The van der Waals surface area contributed by atoms with Crippen LogP contribution < -0.4 is 15.1 Å². The van der Waals surface area contributed by atoms with Crippen molar-refractivity contribution in [2.75, 3.05) is 54.8 Å². The number of amides is 1. The smallest absolute Gasteiger partial charge is 0.414 e. The van der Waals surface area contributed by atoms with Gasteiger partial charge in [0.2, 0.25) is 10.0 Å². The molecule has 0 aromatic heterocycles. The molecule has 1 aromatic carbocycles. The van der Waals surface area contributed by atoms with E-state index in [4.69, 9.17) is 22.2 Å². The second kappa shape index (κ2) is 9.80. The molecule has 0 saturated carbocycles. The molecule has 2 aliphatic rings. The second-order valence-electron chi connectivity index (χ2n) is 7.83. The number of piperazine rings is 1. The summed E-state index contributed by atoms with van der Waals surface area (Å²) in [6.07, 6.45) is -0.654. The molecule has 1 atom stereocenters. The third kappa shape index (κ3) is 5.64. The number of hydrogen-bond acceptors (Lipinski definition) is 7. The third-order valence-corrected chi connectivity index (χ3v) is 7.57. The number of rotatable bonds is 7. The van der Waals surface area contributed by atoms with Crippen LogP contribution in [0.25, 0.3) is 0 Å². The average Bonchev–Trinajstić information content (AvgIpc) is 3.12. The zero-order chi connectivity index (χ0) is 22.6. The van der Waals surface area contributed by atoms with Crippen molar-refractivity contribution in [3.05, 3.63) is 24.3 Å². The number of anilines is 2. The molecule has 2 saturated heterocycles. The molecule has 1 N–H and O–H groups in total. The summed E-state index contributed by atoms with van der Waals surface area (Å²) in [6, 6.07) is 9.28. The van der Waals surface area contributed by atoms with Crippen molar-refractivity contribution >= 4 is 44.7 Å². The number of carbonyl (C=O) groups excluding carboxylic acids is 1. The molecular formula is C20H27N5O4S2. The molecule has 0 spiro atoms. The molecule has 0 aliphatic carbocycles. The summed E-state index contributed by atoms with van der Waals surface area (Å²) in [5, 5.41) is 11.8. The Bertz CT molecular complexity index is 951. The van der Waals surface area contributed by atoms with Gasteiger partial charge in [0.1, 0.15) is 6.10 Å². The third-order valence-electron chi connectivity index (χ3n) is 5.31. The number of thiocarbonyl (C=S) groups is 1. The first kappa shape index (κ1) is 23.2. The molecule has 1 amide bonds. The van der Waals surface area contributed by atoms with Crippen molar-refractivity contribution in [2.45, 2.75) is 20.0 Å². The molecule has 0 unspecified atom stereocenters. The van der Waals surface area contributed by atoms with E-state index in [1.807, 2.05) is 38.1 Å². The number of nitrogens with zero attached hydrogens (tertiary/aromatic N) is 4. The Morgan fingerprint density at radius 2 is 1.84 bits per heavy atom. The van der Waals surface area contributed by atoms with Crippen molar-refractivity contribution < 1.29 is 17.9 Å². The van der Waals surface area contributed by atoms with E-state index >= 15 is 0 Å². The first-order valence-corrected chi connectivity index (χ1v) is 12.2. The highest BCUT2D eigenvalue weighted by Gasteiger charge is 2.32. The van der Waals surface area contributed by atoms with E-state index in [2.05, 4.69) is 10.2 Å². The van der Waals surface area contributed by atoms with Crippen LogP contribution >= 0.6 is 12.2 Å². The summed E-state index contributed by atoms with van der Waals surface area (Å²) < 4.78 is 30.8. The van der Waals surface area contributed by atoms with Gasteiger partial charge in [-0.2, -0.15) is 9.57 Å². The van der Waals surface area contributed by atoms with Gasteiger partial charge in [-0.1, -0.05) is 26.1 Å². The van der Waals surface area contributed by atoms with Crippen molar-refractivity contribution in [2.24, 2.45) is 5.92 Å². The van der Waals surface area contributed by atoms with E-state index in [0.29, 0.717) is 39.3 Å². The lowest BCUT2D eigenvalue weighted by atomic mass is 10.2. The van der Waals surface area contributed by atoms with Gasteiger partial charge in [0.15, 0.2) is 5.75 Å². The van der Waals surface area contributed by atoms with Gasteiger partial charge in [-0.05, 0) is 24.3 Å². The molecule has 31 heavy (non-hydrogen) atoms. The molecule has 0 radical (unpaired) electrons. The number of benzene rings is 1. The second-order valence-corrected chi connectivity index (χ2v) is 10.2. The van der Waals surface area contributed by atoms with Crippen LogP contribution in [0.4, 0.5) is 16.2 Å². The first-order valence-electron chi connectivity index (χ1n) is 10.2. The van der Waals surface area contributed by atoms with Gasteiger partial charge in [0, 0.05) is 43.5 Å². The minimum absolute atomic E-state index is 0.240. The van der Waals surface area contributed by atoms with E-state index < -0.39 is 15.8 Å². The maximum atomic E-state index is 12.3. The van der Waals surface area contributed by atoms with E-state index in [-0.39, 0.29) is 18.1 Å². The van der Waals surface area contributed by atoms with E-state index in [0.717, 1.165) is 16.4 Å². The number of carbonyl (C=O) groups is 1. The molecule has 168 valence electrons. The van der Waals surface area contributed by atoms with E-state index in [1.54, 1.807) is 11.0 Å². The van der Waals surface area contributed by atoms with Gasteiger partial charge in [0.05, 0.1) is 24.1 Å². The summed E-state index contributed by atoms with van der Waals surface area (Å²) in [6.45, 7) is 6.72. The quantitative estimate of drug-likeness (QED) is 0.605. The SMILES string of the molecule is CC(C)C(=S)NC[C@H]1CN(c2ccc(N3CCN(S(=O)(=O)CC#N)CC3)cc2)C(=O)O1. The largest absolute Gasteiger partial charge is 0.442 e. The fourth-order valence-corrected chi connectivity index (χ4v) is 4.65. The Morgan fingerprint density at radius 3 is 2.42 bits per heavy atom. The Morgan fingerprint density at radius 1 is 1.23 bits per heavy atom. The van der Waals surface area contributed by atoms with Crippen molar-refractivity contribution in [3.63, 3.8) is 0 Å². The topological polar surface area (TPSA) is 106 Å². The predicted molar refractivity (Wildman–Crippen MR) is 123 cm³/mol. The normalized spacial score (nSPS) is 19.9. The van der Waals surface area contributed by atoms with Crippen LogP contribution in [0.15, 0.2) is 24.3 Å². The monoisotopic (exact) mass is 465 g/mol. The maximum absolute atomic E-state index is 12.3. The fourth-order valence-electron chi connectivity index (χ4n) is 3.50. The average molecular weight is 466 g/mol. The zero-order valence-corrected chi connectivity index (χ0v) is 19.3. The van der Waals surface area contributed by atoms with E-state index in [9.17, 15) is 13.2 Å². The molecule has 11 heteroatoms. The molecule has 2 aliphatic heterocycles. The Hall–Kier alpha value is -2.42. The summed E-state index contributed by atoms with van der Waals surface area (Å²) >= 11 is 5.26. The molecule has 1 aromatic rings. The van der Waals surface area contributed by atoms with E-state index in [1.165, 1.54) is 4.31 Å². The Balaban J connectivity index is 1.55. The van der Waals surface area contributed by atoms with Gasteiger partial charge >= 0.3 is 6.09 Å². The fraction of sp³-hybridized carbons (Fsp3) is 0.550. The number of nitrogens with one attached hydrogen (secondary N) is 1. The van der Waals surface area contributed by atoms with Crippen LogP contribution in [0.1, 0.15) is 13.8 Å². The maximum Gasteiger partial charge on any atom is 0.414 e. The van der Waals surface area contributed by atoms with Gasteiger partial charge in [-0.3, -0.25) is 4.90 Å². The molecular weight excluding hydrogens is 438 g/mol. The van der Waals surface area contributed by atoms with Crippen LogP contribution in [0, 0.1) is 17.2 Å². The number of ether oxygens (including phenoxy) is 1. The summed E-state index contributed by atoms with van der Waals surface area (Å²) in [7, 11) is -3.51. The van der Waals surface area contributed by atoms with Crippen LogP contribution in [0.2, 0.25) is 0 Å². The van der Waals surface area contributed by atoms with Gasteiger partial charge in [-0.25, -0.2) is 13.2 Å². The predicted octanol–water partition coefficient (Wildman–Crippen LogP) is 1.56. The van der Waals surface area contributed by atoms with Crippen LogP contribution in [0.5, 0.6) is 0 Å². The minimum Gasteiger partial charge on any atom is -0.442 e. The number of nitriles is 1. The standard InChI is InChI=1S/C20H27N5O4S2/c1-15(2)19(30)22-13-18-14-25(20(26)29-18)17-5-3-16(4-6-17)23-8-10-24(11-9-23)31(27,28)12-7-21/h3-6,15,18H,8-14H2,1-2H3,(H,22,30)/t18-/m0/s1. The molecule has 2 fully saturated rings. The lowest BCUT2D eigenvalue weighted by molar-refractivity contribution is 0.143. The van der Waals surface area contributed by atoms with Crippen molar-refractivity contribution in [3.8, 4) is 6.07 Å². The number of hydrogen-bond donors (Lipinski definition) is 1. The minimum atomic E-state index is -3.51. The molecule has 3 rings (SSSR count). The van der Waals surface area contributed by atoms with Crippen molar-refractivity contribution in [1.82, 2.24) is 9.62 Å². The van der Waals surface area contributed by atoms with Crippen molar-refractivity contribution in [1.29, 1.82) is 5.26 Å². The number of cyclic esters (lactones) is 1. The highest BCUT2D eigenvalue weighted by molar-refractivity contribution is 7.89. The van der Waals surface area contributed by atoms with Gasteiger partial charge in [-0.15, -0.1) is 0 Å². The van der Waals surface area contributed by atoms with Gasteiger partial charge < -0.3 is 15.0 Å². The van der Waals surface area contributed by atoms with Gasteiger partial charge in [0.25, 0.3) is 0 Å². The van der Waals surface area contributed by atoms with Crippen LogP contribution in [0.3, 0.4) is 0 Å². The highest BCUT2D eigenvalue weighted by atomic mass is 32.2. The lowest BCUT2D eigenvalue weighted by Crippen LogP contribution is -2.49. The summed E-state index contributed by atoms with van der Waals surface area (Å²) in [5.74, 6) is -0.253. The first-order chi connectivity index (χ1) is 14.7. The molecule has 9 nitrogen and oxygen atoms in total. The lowest BCUT2D eigenvalue weighted by Gasteiger charge is -2.35.